The Morgan fingerprint density at radius 2 is 2.04 bits per heavy atom. The number of imidazole rings is 1. The molecule has 6 nitrogen and oxygen atoms in total. The SMILES string of the molecule is O[C@H]1CCCC[C@@H]1NCCOc1ccc(-c2nc3ncc(Br)cc3[nH]2)cc1. The third-order valence-electron chi connectivity index (χ3n) is 4.94. The second kappa shape index (κ2) is 8.37. The molecule has 1 aliphatic carbocycles. The standard InChI is InChI=1S/C20H23BrN4O2/c21-14-11-17-20(23-12-14)25-19(24-17)13-5-7-15(8-6-13)27-10-9-22-16-3-1-2-4-18(16)26/h5-8,11-12,16,18,22,26H,1-4,9-10H2,(H,23,24,25)/t16-,18-/m0/s1. The molecule has 0 saturated heterocycles. The zero-order valence-corrected chi connectivity index (χ0v) is 16.6. The third-order valence-corrected chi connectivity index (χ3v) is 5.37. The van der Waals surface area contributed by atoms with Crippen LogP contribution in [0.15, 0.2) is 41.0 Å². The van der Waals surface area contributed by atoms with Gasteiger partial charge >= 0.3 is 0 Å². The van der Waals surface area contributed by atoms with Crippen molar-refractivity contribution in [3.05, 3.63) is 41.0 Å². The van der Waals surface area contributed by atoms with Crippen LogP contribution in [0.25, 0.3) is 22.6 Å². The number of pyridine rings is 1. The van der Waals surface area contributed by atoms with Crippen LogP contribution in [-0.2, 0) is 0 Å². The van der Waals surface area contributed by atoms with Crippen LogP contribution in [0, 0.1) is 0 Å². The molecule has 1 aromatic carbocycles. The first-order chi connectivity index (χ1) is 13.2. The van der Waals surface area contributed by atoms with Gasteiger partial charge in [0.25, 0.3) is 0 Å². The molecule has 3 N–H and O–H groups in total. The first-order valence-electron chi connectivity index (χ1n) is 9.35. The average Bonchev–Trinajstić information content (AvgIpc) is 3.10. The lowest BCUT2D eigenvalue weighted by Gasteiger charge is -2.28. The molecule has 2 aromatic heterocycles. The molecule has 0 spiro atoms. The number of H-pyrrole nitrogens is 1. The normalized spacial score (nSPS) is 20.1. The molecule has 1 aliphatic rings. The van der Waals surface area contributed by atoms with Crippen molar-refractivity contribution >= 4 is 27.1 Å². The summed E-state index contributed by atoms with van der Waals surface area (Å²) in [6.07, 6.45) is 5.76. The van der Waals surface area contributed by atoms with Gasteiger partial charge in [0.1, 0.15) is 18.2 Å². The molecule has 0 radical (unpaired) electrons. The van der Waals surface area contributed by atoms with Crippen LogP contribution in [0.1, 0.15) is 25.7 Å². The van der Waals surface area contributed by atoms with E-state index in [1.807, 2.05) is 30.3 Å². The van der Waals surface area contributed by atoms with E-state index < -0.39 is 0 Å². The van der Waals surface area contributed by atoms with Gasteiger partial charge in [0.15, 0.2) is 5.65 Å². The lowest BCUT2D eigenvalue weighted by Crippen LogP contribution is -2.43. The number of aromatic amines is 1. The smallest absolute Gasteiger partial charge is 0.178 e. The summed E-state index contributed by atoms with van der Waals surface area (Å²) in [4.78, 5) is 12.1. The van der Waals surface area contributed by atoms with Gasteiger partial charge in [0.2, 0.25) is 0 Å². The Morgan fingerprint density at radius 3 is 2.85 bits per heavy atom. The molecule has 142 valence electrons. The fraction of sp³-hybridized carbons (Fsp3) is 0.400. The van der Waals surface area contributed by atoms with Crippen LogP contribution in [0.5, 0.6) is 5.75 Å². The molecule has 0 unspecified atom stereocenters. The summed E-state index contributed by atoms with van der Waals surface area (Å²) in [6.45, 7) is 1.30. The topological polar surface area (TPSA) is 83.1 Å². The Balaban J connectivity index is 1.31. The number of rotatable bonds is 6. The molecule has 1 saturated carbocycles. The molecule has 0 aliphatic heterocycles. The van der Waals surface area contributed by atoms with E-state index in [0.717, 1.165) is 52.9 Å². The highest BCUT2D eigenvalue weighted by Gasteiger charge is 2.21. The van der Waals surface area contributed by atoms with Gasteiger partial charge in [-0.05, 0) is 59.1 Å². The monoisotopic (exact) mass is 430 g/mol. The van der Waals surface area contributed by atoms with Crippen molar-refractivity contribution in [1.29, 1.82) is 0 Å². The fourth-order valence-corrected chi connectivity index (χ4v) is 3.81. The maximum absolute atomic E-state index is 9.97. The quantitative estimate of drug-likeness (QED) is 0.519. The van der Waals surface area contributed by atoms with E-state index in [9.17, 15) is 5.11 Å². The van der Waals surface area contributed by atoms with Crippen LogP contribution in [0.3, 0.4) is 0 Å². The van der Waals surface area contributed by atoms with E-state index in [2.05, 4.69) is 36.2 Å². The summed E-state index contributed by atoms with van der Waals surface area (Å²) in [7, 11) is 0. The molecule has 1 fully saturated rings. The predicted molar refractivity (Wildman–Crippen MR) is 109 cm³/mol. The average molecular weight is 431 g/mol. The number of benzene rings is 1. The molecule has 0 bridgehead atoms. The largest absolute Gasteiger partial charge is 0.492 e. The molecule has 4 rings (SSSR count). The van der Waals surface area contributed by atoms with Crippen LogP contribution in [-0.4, -0.2) is 45.4 Å². The highest BCUT2D eigenvalue weighted by atomic mass is 79.9. The Morgan fingerprint density at radius 1 is 1.22 bits per heavy atom. The van der Waals surface area contributed by atoms with Gasteiger partial charge in [-0.25, -0.2) is 9.97 Å². The lowest BCUT2D eigenvalue weighted by atomic mass is 9.93. The Kier molecular flexibility index (Phi) is 5.71. The predicted octanol–water partition coefficient (Wildman–Crippen LogP) is 3.66. The van der Waals surface area contributed by atoms with Gasteiger partial charge in [-0.15, -0.1) is 0 Å². The van der Waals surface area contributed by atoms with Gasteiger partial charge in [-0.2, -0.15) is 0 Å². The van der Waals surface area contributed by atoms with E-state index in [1.165, 1.54) is 6.42 Å². The number of nitrogens with zero attached hydrogens (tertiary/aromatic N) is 2. The highest BCUT2D eigenvalue weighted by Crippen LogP contribution is 2.23. The van der Waals surface area contributed by atoms with Gasteiger partial charge < -0.3 is 20.1 Å². The number of aromatic nitrogens is 3. The molecular formula is C20H23BrN4O2. The second-order valence-electron chi connectivity index (χ2n) is 6.90. The van der Waals surface area contributed by atoms with Crippen LogP contribution >= 0.6 is 15.9 Å². The fourth-order valence-electron chi connectivity index (χ4n) is 3.48. The number of ether oxygens (including phenoxy) is 1. The van der Waals surface area contributed by atoms with Crippen LogP contribution in [0.2, 0.25) is 0 Å². The van der Waals surface area contributed by atoms with E-state index >= 15 is 0 Å². The zero-order valence-electron chi connectivity index (χ0n) is 15.0. The van der Waals surface area contributed by atoms with Crippen molar-refractivity contribution in [2.45, 2.75) is 37.8 Å². The van der Waals surface area contributed by atoms with Crippen LogP contribution < -0.4 is 10.1 Å². The molecular weight excluding hydrogens is 408 g/mol. The minimum atomic E-state index is -0.225. The number of fused-ring (bicyclic) bond motifs is 1. The van der Waals surface area contributed by atoms with E-state index in [1.54, 1.807) is 6.20 Å². The number of halogens is 1. The number of aliphatic hydroxyl groups is 1. The van der Waals surface area contributed by atoms with E-state index in [0.29, 0.717) is 12.3 Å². The summed E-state index contributed by atoms with van der Waals surface area (Å²) in [5.74, 6) is 1.61. The number of nitrogens with one attached hydrogen (secondary N) is 2. The first kappa shape index (κ1) is 18.4. The van der Waals surface area contributed by atoms with E-state index in [-0.39, 0.29) is 12.1 Å². The van der Waals surface area contributed by atoms with Crippen molar-refractivity contribution < 1.29 is 9.84 Å². The van der Waals surface area contributed by atoms with Gasteiger partial charge in [0.05, 0.1) is 11.6 Å². The minimum Gasteiger partial charge on any atom is -0.492 e. The molecule has 7 heteroatoms. The maximum atomic E-state index is 9.97. The Bertz CT molecular complexity index is 897. The first-order valence-corrected chi connectivity index (χ1v) is 10.1. The summed E-state index contributed by atoms with van der Waals surface area (Å²) < 4.78 is 6.72. The summed E-state index contributed by atoms with van der Waals surface area (Å²) in [5, 5.41) is 13.4. The lowest BCUT2D eigenvalue weighted by molar-refractivity contribution is 0.0890. The van der Waals surface area contributed by atoms with Crippen molar-refractivity contribution in [3.8, 4) is 17.1 Å². The van der Waals surface area contributed by atoms with Crippen molar-refractivity contribution in [2.75, 3.05) is 13.2 Å². The van der Waals surface area contributed by atoms with Crippen LogP contribution in [0.4, 0.5) is 0 Å². The summed E-state index contributed by atoms with van der Waals surface area (Å²) in [6, 6.07) is 10.0. The van der Waals surface area contributed by atoms with Crippen molar-refractivity contribution in [2.24, 2.45) is 0 Å². The molecule has 3 aromatic rings. The minimum absolute atomic E-state index is 0.200. The van der Waals surface area contributed by atoms with Gasteiger partial charge in [-0.3, -0.25) is 0 Å². The molecule has 27 heavy (non-hydrogen) atoms. The number of hydrogen-bond acceptors (Lipinski definition) is 5. The molecule has 2 atom stereocenters. The number of hydrogen-bond donors (Lipinski definition) is 3. The van der Waals surface area contributed by atoms with Gasteiger partial charge in [-0.1, -0.05) is 12.8 Å². The van der Waals surface area contributed by atoms with E-state index in [4.69, 9.17) is 4.74 Å². The highest BCUT2D eigenvalue weighted by molar-refractivity contribution is 9.10. The molecule has 2 heterocycles. The van der Waals surface area contributed by atoms with Crippen molar-refractivity contribution in [1.82, 2.24) is 20.3 Å². The molecule has 0 amide bonds. The Hall–Kier alpha value is -1.96. The Labute approximate surface area is 166 Å². The van der Waals surface area contributed by atoms with Gasteiger partial charge in [0, 0.05) is 28.8 Å². The summed E-state index contributed by atoms with van der Waals surface area (Å²) >= 11 is 3.42. The second-order valence-corrected chi connectivity index (χ2v) is 7.81. The third kappa shape index (κ3) is 4.48. The summed E-state index contributed by atoms with van der Waals surface area (Å²) in [5.41, 5.74) is 2.58. The maximum Gasteiger partial charge on any atom is 0.178 e. The van der Waals surface area contributed by atoms with Crippen molar-refractivity contribution in [3.63, 3.8) is 0 Å². The zero-order chi connectivity index (χ0) is 18.6. The number of aliphatic hydroxyl groups excluding tert-OH is 1.